The van der Waals surface area contributed by atoms with Crippen LogP contribution in [0.15, 0.2) is 77.7 Å². The Balaban J connectivity index is 1.85. The van der Waals surface area contributed by atoms with Crippen LogP contribution >= 0.6 is 0 Å². The van der Waals surface area contributed by atoms with Gasteiger partial charge in [0.2, 0.25) is 15.8 Å². The molecule has 4 aromatic rings. The SMILES string of the molecule is CN(c1ccccc1)c1cc(NCc2ccccc2)c(-c2nn[nH]n2)cc1S(N)(=O)=O. The van der Waals surface area contributed by atoms with Crippen LogP contribution in [-0.2, 0) is 16.6 Å². The average molecular weight is 436 g/mol. The lowest BCUT2D eigenvalue weighted by atomic mass is 10.1. The summed E-state index contributed by atoms with van der Waals surface area (Å²) in [6, 6.07) is 22.5. The summed E-state index contributed by atoms with van der Waals surface area (Å²) in [6.07, 6.45) is 0. The highest BCUT2D eigenvalue weighted by atomic mass is 32.2. The highest BCUT2D eigenvalue weighted by molar-refractivity contribution is 7.89. The second-order valence-corrected chi connectivity index (χ2v) is 8.41. The van der Waals surface area contributed by atoms with E-state index in [9.17, 15) is 8.42 Å². The van der Waals surface area contributed by atoms with Crippen molar-refractivity contribution in [2.75, 3.05) is 17.3 Å². The predicted molar refractivity (Wildman–Crippen MR) is 119 cm³/mol. The summed E-state index contributed by atoms with van der Waals surface area (Å²) in [5, 5.41) is 23.0. The molecule has 0 amide bonds. The van der Waals surface area contributed by atoms with Gasteiger partial charge in [-0.2, -0.15) is 5.21 Å². The molecule has 4 N–H and O–H groups in total. The summed E-state index contributed by atoms with van der Waals surface area (Å²) in [5.74, 6) is 0.259. The van der Waals surface area contributed by atoms with Crippen molar-refractivity contribution in [1.82, 2.24) is 20.6 Å². The molecule has 0 bridgehead atoms. The fourth-order valence-electron chi connectivity index (χ4n) is 3.25. The molecular formula is C21H21N7O2S. The van der Waals surface area contributed by atoms with Crippen LogP contribution in [0, 0.1) is 0 Å². The molecule has 4 rings (SSSR count). The minimum Gasteiger partial charge on any atom is -0.380 e. The molecule has 158 valence electrons. The summed E-state index contributed by atoms with van der Waals surface area (Å²) in [5.41, 5.74) is 3.43. The van der Waals surface area contributed by atoms with Gasteiger partial charge in [0.25, 0.3) is 0 Å². The number of primary sulfonamides is 1. The Morgan fingerprint density at radius 2 is 1.71 bits per heavy atom. The normalized spacial score (nSPS) is 11.3. The Kier molecular flexibility index (Phi) is 5.65. The lowest BCUT2D eigenvalue weighted by Gasteiger charge is -2.24. The Morgan fingerprint density at radius 3 is 2.32 bits per heavy atom. The number of nitrogens with two attached hydrogens (primary N) is 1. The number of nitrogens with zero attached hydrogens (tertiary/aromatic N) is 4. The molecule has 0 aliphatic heterocycles. The van der Waals surface area contributed by atoms with E-state index in [1.807, 2.05) is 60.7 Å². The summed E-state index contributed by atoms with van der Waals surface area (Å²) < 4.78 is 24.9. The molecule has 10 heteroatoms. The number of aromatic amines is 1. The summed E-state index contributed by atoms with van der Waals surface area (Å²) in [6.45, 7) is 0.523. The number of aromatic nitrogens is 4. The van der Waals surface area contributed by atoms with E-state index in [1.165, 1.54) is 6.07 Å². The van der Waals surface area contributed by atoms with Crippen molar-refractivity contribution >= 4 is 27.1 Å². The van der Waals surface area contributed by atoms with Crippen LogP contribution in [0.2, 0.25) is 0 Å². The Morgan fingerprint density at radius 1 is 1.03 bits per heavy atom. The fourth-order valence-corrected chi connectivity index (χ4v) is 4.02. The van der Waals surface area contributed by atoms with E-state index >= 15 is 0 Å². The second-order valence-electron chi connectivity index (χ2n) is 6.88. The molecule has 1 heterocycles. The standard InChI is InChI=1S/C21H21N7O2S/c1-28(16-10-6-3-7-11-16)19-13-18(23-14-15-8-4-2-5-9-15)17(21-24-26-27-25-21)12-20(19)31(22,29)30/h2-13,23H,14H2,1H3,(H2,22,29,30)(H,24,25,26,27). The summed E-state index contributed by atoms with van der Waals surface area (Å²) in [4.78, 5) is 1.73. The Hall–Kier alpha value is -3.76. The van der Waals surface area contributed by atoms with Crippen molar-refractivity contribution in [3.63, 3.8) is 0 Å². The maximum atomic E-state index is 12.5. The Bertz CT molecular complexity index is 1260. The molecule has 31 heavy (non-hydrogen) atoms. The minimum absolute atomic E-state index is 0.0380. The number of hydrogen-bond donors (Lipinski definition) is 3. The van der Waals surface area contributed by atoms with E-state index in [0.29, 0.717) is 23.5 Å². The van der Waals surface area contributed by atoms with E-state index in [4.69, 9.17) is 5.14 Å². The molecule has 3 aromatic carbocycles. The van der Waals surface area contributed by atoms with Crippen molar-refractivity contribution < 1.29 is 8.42 Å². The van der Waals surface area contributed by atoms with Crippen molar-refractivity contribution in [1.29, 1.82) is 0 Å². The van der Waals surface area contributed by atoms with Gasteiger partial charge in [-0.15, -0.1) is 10.2 Å². The van der Waals surface area contributed by atoms with Crippen LogP contribution in [0.25, 0.3) is 11.4 Å². The predicted octanol–water partition coefficient (Wildman–Crippen LogP) is 2.89. The molecule has 0 fully saturated rings. The Labute approximate surface area is 180 Å². The highest BCUT2D eigenvalue weighted by Gasteiger charge is 2.23. The van der Waals surface area contributed by atoms with Gasteiger partial charge >= 0.3 is 0 Å². The molecule has 0 unspecified atom stereocenters. The van der Waals surface area contributed by atoms with Crippen LogP contribution in [0.5, 0.6) is 0 Å². The van der Waals surface area contributed by atoms with Crippen LogP contribution in [-0.4, -0.2) is 36.1 Å². The number of sulfonamides is 1. The molecule has 0 spiro atoms. The van der Waals surface area contributed by atoms with E-state index in [-0.39, 0.29) is 10.7 Å². The van der Waals surface area contributed by atoms with E-state index in [2.05, 4.69) is 25.9 Å². The molecule has 0 radical (unpaired) electrons. The average Bonchev–Trinajstić information content (AvgIpc) is 3.32. The maximum absolute atomic E-state index is 12.5. The number of H-pyrrole nitrogens is 1. The summed E-state index contributed by atoms with van der Waals surface area (Å²) >= 11 is 0. The monoisotopic (exact) mass is 435 g/mol. The van der Waals surface area contributed by atoms with Crippen molar-refractivity contribution in [2.24, 2.45) is 5.14 Å². The zero-order valence-corrected chi connectivity index (χ0v) is 17.5. The van der Waals surface area contributed by atoms with Crippen LogP contribution in [0.4, 0.5) is 17.1 Å². The van der Waals surface area contributed by atoms with Gasteiger partial charge in [0.05, 0.1) is 5.69 Å². The molecule has 0 aliphatic rings. The lowest BCUT2D eigenvalue weighted by Crippen LogP contribution is -2.19. The third-order valence-electron chi connectivity index (χ3n) is 4.82. The second kappa shape index (κ2) is 8.54. The third kappa shape index (κ3) is 4.55. The van der Waals surface area contributed by atoms with Crippen molar-refractivity contribution in [3.8, 4) is 11.4 Å². The number of tetrazole rings is 1. The van der Waals surface area contributed by atoms with Crippen molar-refractivity contribution in [2.45, 2.75) is 11.4 Å². The fraction of sp³-hybridized carbons (Fsp3) is 0.0952. The topological polar surface area (TPSA) is 130 Å². The van der Waals surface area contributed by atoms with Crippen LogP contribution < -0.4 is 15.4 Å². The molecular weight excluding hydrogens is 414 g/mol. The minimum atomic E-state index is -4.04. The molecule has 0 saturated carbocycles. The molecule has 9 nitrogen and oxygen atoms in total. The molecule has 0 aliphatic carbocycles. The van der Waals surface area contributed by atoms with E-state index in [0.717, 1.165) is 11.3 Å². The quantitative estimate of drug-likeness (QED) is 0.407. The van der Waals surface area contributed by atoms with Gasteiger partial charge < -0.3 is 10.2 Å². The van der Waals surface area contributed by atoms with Gasteiger partial charge in [-0.1, -0.05) is 48.5 Å². The lowest BCUT2D eigenvalue weighted by molar-refractivity contribution is 0.598. The first-order valence-corrected chi connectivity index (χ1v) is 11.0. The van der Waals surface area contributed by atoms with Gasteiger partial charge in [0.1, 0.15) is 4.90 Å². The van der Waals surface area contributed by atoms with E-state index in [1.54, 1.807) is 18.0 Å². The number of anilines is 3. The first kappa shape index (κ1) is 20.5. The van der Waals surface area contributed by atoms with Gasteiger partial charge in [-0.05, 0) is 35.0 Å². The van der Waals surface area contributed by atoms with Crippen LogP contribution in [0.1, 0.15) is 5.56 Å². The summed E-state index contributed by atoms with van der Waals surface area (Å²) in [7, 11) is -2.25. The number of benzene rings is 3. The zero-order valence-electron chi connectivity index (χ0n) is 16.7. The van der Waals surface area contributed by atoms with Gasteiger partial charge in [-0.3, -0.25) is 0 Å². The number of rotatable bonds is 7. The van der Waals surface area contributed by atoms with Crippen molar-refractivity contribution in [3.05, 3.63) is 78.4 Å². The molecule has 0 atom stereocenters. The largest absolute Gasteiger partial charge is 0.380 e. The third-order valence-corrected chi connectivity index (χ3v) is 5.76. The van der Waals surface area contributed by atoms with Gasteiger partial charge in [0, 0.05) is 30.5 Å². The number of hydrogen-bond acceptors (Lipinski definition) is 7. The van der Waals surface area contributed by atoms with E-state index < -0.39 is 10.0 Å². The van der Waals surface area contributed by atoms with Gasteiger partial charge in [0.15, 0.2) is 0 Å². The van der Waals surface area contributed by atoms with Gasteiger partial charge in [-0.25, -0.2) is 13.6 Å². The van der Waals surface area contributed by atoms with Crippen LogP contribution in [0.3, 0.4) is 0 Å². The smallest absolute Gasteiger partial charge is 0.240 e. The first-order chi connectivity index (χ1) is 14.9. The first-order valence-electron chi connectivity index (χ1n) is 9.45. The maximum Gasteiger partial charge on any atom is 0.240 e. The molecule has 0 saturated heterocycles. The number of para-hydroxylation sites is 1. The number of nitrogens with one attached hydrogen (secondary N) is 2. The molecule has 1 aromatic heterocycles. The zero-order chi connectivity index (χ0) is 21.8. The highest BCUT2D eigenvalue weighted by Crippen LogP contribution is 2.37.